The monoisotopic (exact) mass is 493 g/mol. The van der Waals surface area contributed by atoms with Crippen molar-refractivity contribution < 1.29 is 23.2 Å². The highest BCUT2D eigenvalue weighted by Crippen LogP contribution is 2.46. The van der Waals surface area contributed by atoms with Gasteiger partial charge in [-0.25, -0.2) is 0 Å². The second kappa shape index (κ2) is 11.6. The van der Waals surface area contributed by atoms with Gasteiger partial charge in [-0.2, -0.15) is 0 Å². The molecule has 1 atom stereocenters. The first kappa shape index (κ1) is 26.6. The minimum Gasteiger partial charge on any atom is -0.331 e. The van der Waals surface area contributed by atoms with Gasteiger partial charge in [-0.15, -0.1) is 0 Å². The van der Waals surface area contributed by atoms with Crippen molar-refractivity contribution in [2.24, 2.45) is 0 Å². The third-order valence-corrected chi connectivity index (χ3v) is 7.84. The first-order valence-electron chi connectivity index (χ1n) is 11.4. The maximum Gasteiger partial charge on any atom is 0.337 e. The normalized spacial score (nSPS) is 12.3. The quantitative estimate of drug-likeness (QED) is 0.338. The molecular formula is C28H32NO5P. The lowest BCUT2D eigenvalue weighted by Crippen LogP contribution is -2.45. The van der Waals surface area contributed by atoms with Gasteiger partial charge in [0.2, 0.25) is 0 Å². The van der Waals surface area contributed by atoms with E-state index in [2.05, 4.69) is 0 Å². The summed E-state index contributed by atoms with van der Waals surface area (Å²) < 4.78 is 22.7. The number of carbonyl (C=O) groups excluding carboxylic acids is 2. The van der Waals surface area contributed by atoms with Crippen LogP contribution in [0.2, 0.25) is 0 Å². The van der Waals surface area contributed by atoms with E-state index < -0.39 is 19.8 Å². The van der Waals surface area contributed by atoms with Gasteiger partial charge in [0.15, 0.2) is 5.78 Å². The number of Topliss-reactive ketones (excluding diaryl/α,β-unsaturated/α-hetero) is 1. The predicted octanol–water partition coefficient (Wildman–Crippen LogP) is 5.71. The number of carbonyl (C=O) groups is 2. The van der Waals surface area contributed by atoms with Crippen molar-refractivity contribution in [2.45, 2.75) is 26.3 Å². The van der Waals surface area contributed by atoms with Crippen molar-refractivity contribution >= 4 is 19.3 Å². The minimum atomic E-state index is -3.59. The molecule has 0 spiro atoms. The van der Waals surface area contributed by atoms with Crippen molar-refractivity contribution in [3.63, 3.8) is 0 Å². The van der Waals surface area contributed by atoms with Gasteiger partial charge < -0.3 is 13.9 Å². The second-order valence-electron chi connectivity index (χ2n) is 8.68. The summed E-state index contributed by atoms with van der Waals surface area (Å²) in [5.74, 6) is -0.662. The molecule has 3 aromatic carbocycles. The molecule has 3 aromatic rings. The molecule has 0 N–H and O–H groups in total. The van der Waals surface area contributed by atoms with E-state index in [1.807, 2.05) is 74.5 Å². The fourth-order valence-electron chi connectivity index (χ4n) is 4.10. The molecule has 0 unspecified atom stereocenters. The Balaban J connectivity index is 1.90. The summed E-state index contributed by atoms with van der Waals surface area (Å²) in [6, 6.07) is 22.6. The summed E-state index contributed by atoms with van der Waals surface area (Å²) in [5, 5.41) is 0. The maximum atomic E-state index is 13.4. The maximum absolute atomic E-state index is 13.4. The van der Waals surface area contributed by atoms with Gasteiger partial charge in [0, 0.05) is 26.8 Å². The fourth-order valence-corrected chi connectivity index (χ4v) is 5.10. The van der Waals surface area contributed by atoms with E-state index in [0.717, 1.165) is 27.8 Å². The van der Waals surface area contributed by atoms with Gasteiger partial charge in [0.1, 0.15) is 6.16 Å². The zero-order chi connectivity index (χ0) is 25.6. The lowest BCUT2D eigenvalue weighted by Gasteiger charge is -2.28. The second-order valence-corrected chi connectivity index (χ2v) is 10.9. The van der Waals surface area contributed by atoms with Gasteiger partial charge in [0.25, 0.3) is 5.91 Å². The molecule has 0 aliphatic rings. The van der Waals surface area contributed by atoms with Gasteiger partial charge in [-0.3, -0.25) is 14.2 Å². The molecule has 0 aliphatic carbocycles. The van der Waals surface area contributed by atoms with Crippen molar-refractivity contribution in [2.75, 3.05) is 27.4 Å². The number of benzene rings is 3. The molecule has 6 nitrogen and oxygen atoms in total. The van der Waals surface area contributed by atoms with Gasteiger partial charge in [-0.1, -0.05) is 71.8 Å². The van der Waals surface area contributed by atoms with Crippen LogP contribution in [0.15, 0.2) is 72.8 Å². The molecule has 7 heteroatoms. The number of aryl methyl sites for hydroxylation is 2. The largest absolute Gasteiger partial charge is 0.337 e. The van der Waals surface area contributed by atoms with E-state index in [4.69, 9.17) is 9.05 Å². The van der Waals surface area contributed by atoms with Crippen LogP contribution in [0.4, 0.5) is 0 Å². The molecule has 3 rings (SSSR count). The Morgan fingerprint density at radius 2 is 1.40 bits per heavy atom. The smallest absolute Gasteiger partial charge is 0.331 e. The molecule has 0 radical (unpaired) electrons. The first-order chi connectivity index (χ1) is 16.7. The summed E-state index contributed by atoms with van der Waals surface area (Å²) in [6.45, 7) is 3.85. The van der Waals surface area contributed by atoms with E-state index >= 15 is 0 Å². The van der Waals surface area contributed by atoms with Crippen molar-refractivity contribution in [1.29, 1.82) is 0 Å². The summed E-state index contributed by atoms with van der Waals surface area (Å²) in [6.07, 6.45) is -0.147. The Hall–Kier alpha value is -3.05. The van der Waals surface area contributed by atoms with Crippen molar-refractivity contribution in [3.05, 3.63) is 95.1 Å². The van der Waals surface area contributed by atoms with Crippen LogP contribution in [0, 0.1) is 13.8 Å². The predicted molar refractivity (Wildman–Crippen MR) is 139 cm³/mol. The Morgan fingerprint density at radius 1 is 0.857 bits per heavy atom. The molecular weight excluding hydrogens is 461 g/mol. The van der Waals surface area contributed by atoms with Gasteiger partial charge in [0.05, 0.1) is 6.04 Å². The SMILES string of the molecule is COP(=O)(CC(=O)[C@@H](Cc1ccc(-c2ccccc2)cc1)N(C)C(=O)c1cc(C)cc(C)c1)OC. The van der Waals surface area contributed by atoms with Crippen molar-refractivity contribution in [3.8, 4) is 11.1 Å². The van der Waals surface area contributed by atoms with E-state index in [-0.39, 0.29) is 18.1 Å². The number of nitrogens with zero attached hydrogens (tertiary/aromatic N) is 1. The Bertz CT molecular complexity index is 1200. The molecule has 0 aromatic heterocycles. The lowest BCUT2D eigenvalue weighted by atomic mass is 9.98. The van der Waals surface area contributed by atoms with E-state index in [1.165, 1.54) is 19.1 Å². The third kappa shape index (κ3) is 6.76. The molecule has 0 aliphatic heterocycles. The number of likely N-dealkylation sites (N-methyl/N-ethyl adjacent to an activating group) is 1. The van der Waals surface area contributed by atoms with Gasteiger partial charge >= 0.3 is 7.60 Å². The molecule has 1 amide bonds. The summed E-state index contributed by atoms with van der Waals surface area (Å²) in [5.41, 5.74) is 5.46. The van der Waals surface area contributed by atoms with E-state index in [9.17, 15) is 14.2 Å². The molecule has 0 saturated carbocycles. The topological polar surface area (TPSA) is 72.9 Å². The van der Waals surface area contributed by atoms with Crippen LogP contribution in [0.25, 0.3) is 11.1 Å². The first-order valence-corrected chi connectivity index (χ1v) is 13.1. The molecule has 0 fully saturated rings. The Labute approximate surface area is 207 Å². The molecule has 0 bridgehead atoms. The van der Waals surface area contributed by atoms with Crippen LogP contribution in [0.1, 0.15) is 27.0 Å². The summed E-state index contributed by atoms with van der Waals surface area (Å²) in [4.78, 5) is 28.2. The number of ketones is 1. The minimum absolute atomic E-state index is 0.272. The average Bonchev–Trinajstić information content (AvgIpc) is 2.86. The van der Waals surface area contributed by atoms with Crippen LogP contribution >= 0.6 is 7.60 Å². The fraction of sp³-hybridized carbons (Fsp3) is 0.286. The van der Waals surface area contributed by atoms with Crippen LogP contribution < -0.4 is 0 Å². The third-order valence-electron chi connectivity index (χ3n) is 6.02. The molecule has 184 valence electrons. The van der Waals surface area contributed by atoms with Crippen LogP contribution in [0.3, 0.4) is 0 Å². The number of rotatable bonds is 10. The summed E-state index contributed by atoms with van der Waals surface area (Å²) >= 11 is 0. The highest BCUT2D eigenvalue weighted by Gasteiger charge is 2.34. The van der Waals surface area contributed by atoms with E-state index in [1.54, 1.807) is 19.2 Å². The number of hydrogen-bond donors (Lipinski definition) is 0. The molecule has 35 heavy (non-hydrogen) atoms. The number of hydrogen-bond acceptors (Lipinski definition) is 5. The highest BCUT2D eigenvalue weighted by molar-refractivity contribution is 7.54. The lowest BCUT2D eigenvalue weighted by molar-refractivity contribution is -0.121. The average molecular weight is 494 g/mol. The van der Waals surface area contributed by atoms with Crippen LogP contribution in [-0.4, -0.2) is 50.1 Å². The van der Waals surface area contributed by atoms with Gasteiger partial charge in [-0.05, 0) is 49.1 Å². The van der Waals surface area contributed by atoms with Crippen LogP contribution in [-0.2, 0) is 24.8 Å². The molecule has 0 heterocycles. The number of amides is 1. The zero-order valence-electron chi connectivity index (χ0n) is 20.9. The highest BCUT2D eigenvalue weighted by atomic mass is 31.2. The Morgan fingerprint density at radius 3 is 1.94 bits per heavy atom. The Kier molecular flexibility index (Phi) is 8.79. The van der Waals surface area contributed by atoms with E-state index in [0.29, 0.717) is 5.56 Å². The zero-order valence-corrected chi connectivity index (χ0v) is 21.7. The standard InChI is InChI=1S/C28H32NO5P/c1-20-15-21(2)17-25(16-20)28(31)29(3)26(27(30)19-35(32,33-4)34-5)18-22-11-13-24(14-12-22)23-9-7-6-8-10-23/h6-17,26H,18-19H2,1-5H3/t26-/m1/s1. The molecule has 0 saturated heterocycles. The summed E-state index contributed by atoms with van der Waals surface area (Å²) in [7, 11) is 0.512. The van der Waals surface area contributed by atoms with Crippen molar-refractivity contribution in [1.82, 2.24) is 4.90 Å². The van der Waals surface area contributed by atoms with Crippen LogP contribution in [0.5, 0.6) is 0 Å².